The van der Waals surface area contributed by atoms with Gasteiger partial charge in [0, 0.05) is 0 Å². The summed E-state index contributed by atoms with van der Waals surface area (Å²) >= 11 is 0. The number of esters is 2. The zero-order chi connectivity index (χ0) is 19.5. The third-order valence-electron chi connectivity index (χ3n) is 4.59. The monoisotopic (exact) mass is 368 g/mol. The fourth-order valence-electron chi connectivity index (χ4n) is 2.47. The Hall–Kier alpha value is -1.32. The lowest BCUT2D eigenvalue weighted by atomic mass is 10.1. The summed E-state index contributed by atoms with van der Waals surface area (Å²) in [4.78, 5) is 23.1. The summed E-state index contributed by atoms with van der Waals surface area (Å²) in [6, 6.07) is 0. The molecule has 26 heavy (non-hydrogen) atoms. The van der Waals surface area contributed by atoms with E-state index in [1.807, 2.05) is 6.08 Å². The standard InChI is InChI=1S/C22H40O4/c1-4-6-7-8-9-10-11-12-13-14-18-25-21(23)15-16-22(24)26-19-17-20(3)5-2/h13-14,20H,4-12,15-19H2,1-3H3/b14-13+. The predicted octanol–water partition coefficient (Wildman–Crippen LogP) is 5.99. The van der Waals surface area contributed by atoms with Crippen molar-refractivity contribution in [3.8, 4) is 0 Å². The van der Waals surface area contributed by atoms with Crippen molar-refractivity contribution in [3.05, 3.63) is 12.2 Å². The number of unbranched alkanes of at least 4 members (excludes halogenated alkanes) is 7. The molecule has 0 saturated heterocycles. The fraction of sp³-hybridized carbons (Fsp3) is 0.818. The second kappa shape index (κ2) is 18.5. The molecule has 0 fully saturated rings. The van der Waals surface area contributed by atoms with Gasteiger partial charge >= 0.3 is 11.9 Å². The topological polar surface area (TPSA) is 52.6 Å². The van der Waals surface area contributed by atoms with Crippen molar-refractivity contribution in [2.45, 2.75) is 97.8 Å². The van der Waals surface area contributed by atoms with Crippen LogP contribution in [0.2, 0.25) is 0 Å². The van der Waals surface area contributed by atoms with Crippen molar-refractivity contribution in [1.82, 2.24) is 0 Å². The van der Waals surface area contributed by atoms with Crippen LogP contribution in [0.4, 0.5) is 0 Å². The molecule has 152 valence electrons. The van der Waals surface area contributed by atoms with Crippen LogP contribution in [0.1, 0.15) is 97.8 Å². The van der Waals surface area contributed by atoms with E-state index in [1.54, 1.807) is 0 Å². The molecule has 1 atom stereocenters. The van der Waals surface area contributed by atoms with Crippen molar-refractivity contribution in [2.24, 2.45) is 5.92 Å². The molecule has 0 aromatic rings. The molecule has 0 aliphatic carbocycles. The highest BCUT2D eigenvalue weighted by molar-refractivity contribution is 5.77. The van der Waals surface area contributed by atoms with Gasteiger partial charge in [0.15, 0.2) is 0 Å². The van der Waals surface area contributed by atoms with Gasteiger partial charge in [-0.3, -0.25) is 9.59 Å². The van der Waals surface area contributed by atoms with Crippen LogP contribution in [-0.4, -0.2) is 25.2 Å². The number of allylic oxidation sites excluding steroid dienone is 1. The van der Waals surface area contributed by atoms with E-state index in [1.165, 1.54) is 44.9 Å². The number of rotatable bonds is 17. The SMILES string of the molecule is CCCCCCCCC/C=C/COC(=O)CCC(=O)OCCC(C)CC. The van der Waals surface area contributed by atoms with Gasteiger partial charge in [-0.2, -0.15) is 0 Å². The average molecular weight is 369 g/mol. The summed E-state index contributed by atoms with van der Waals surface area (Å²) < 4.78 is 10.2. The maximum Gasteiger partial charge on any atom is 0.306 e. The van der Waals surface area contributed by atoms with Crippen LogP contribution in [0.5, 0.6) is 0 Å². The van der Waals surface area contributed by atoms with E-state index in [2.05, 4.69) is 26.8 Å². The van der Waals surface area contributed by atoms with E-state index < -0.39 is 0 Å². The minimum absolute atomic E-state index is 0.0910. The first-order valence-corrected chi connectivity index (χ1v) is 10.6. The maximum atomic E-state index is 11.6. The number of ether oxygens (including phenoxy) is 2. The molecule has 4 heteroatoms. The van der Waals surface area contributed by atoms with Gasteiger partial charge in [-0.25, -0.2) is 0 Å². The smallest absolute Gasteiger partial charge is 0.306 e. The Labute approximate surface area is 160 Å². The van der Waals surface area contributed by atoms with Gasteiger partial charge < -0.3 is 9.47 Å². The van der Waals surface area contributed by atoms with E-state index >= 15 is 0 Å². The Kier molecular flexibility index (Phi) is 17.5. The zero-order valence-electron chi connectivity index (χ0n) is 17.3. The lowest BCUT2D eigenvalue weighted by Crippen LogP contribution is -2.12. The van der Waals surface area contributed by atoms with Crippen molar-refractivity contribution in [2.75, 3.05) is 13.2 Å². The third-order valence-corrected chi connectivity index (χ3v) is 4.59. The van der Waals surface area contributed by atoms with Crippen LogP contribution in [0.15, 0.2) is 12.2 Å². The van der Waals surface area contributed by atoms with Crippen LogP contribution in [-0.2, 0) is 19.1 Å². The second-order valence-electron chi connectivity index (χ2n) is 7.09. The minimum atomic E-state index is -0.343. The third kappa shape index (κ3) is 17.5. The summed E-state index contributed by atoms with van der Waals surface area (Å²) in [5.41, 5.74) is 0. The Morgan fingerprint density at radius 2 is 1.46 bits per heavy atom. The summed E-state index contributed by atoms with van der Waals surface area (Å²) in [5.74, 6) is -0.107. The molecule has 0 amide bonds. The fourth-order valence-corrected chi connectivity index (χ4v) is 2.47. The number of carbonyl (C=O) groups is 2. The Bertz CT molecular complexity index is 376. The van der Waals surface area contributed by atoms with Gasteiger partial charge in [-0.05, 0) is 25.2 Å². The highest BCUT2D eigenvalue weighted by Crippen LogP contribution is 2.09. The molecular weight excluding hydrogens is 328 g/mol. The largest absolute Gasteiger partial charge is 0.466 e. The van der Waals surface area contributed by atoms with Crippen LogP contribution in [0.25, 0.3) is 0 Å². The summed E-state index contributed by atoms with van der Waals surface area (Å²) in [6.45, 7) is 7.21. The Balaban J connectivity index is 3.46. The van der Waals surface area contributed by atoms with Crippen LogP contribution in [0, 0.1) is 5.92 Å². The molecule has 0 aromatic carbocycles. The first-order valence-electron chi connectivity index (χ1n) is 10.6. The normalized spacial score (nSPS) is 12.3. The van der Waals surface area contributed by atoms with Gasteiger partial charge in [0.05, 0.1) is 19.4 Å². The van der Waals surface area contributed by atoms with Crippen molar-refractivity contribution < 1.29 is 19.1 Å². The lowest BCUT2D eigenvalue weighted by Gasteiger charge is -2.08. The molecule has 0 rings (SSSR count). The molecular formula is C22H40O4. The molecule has 0 radical (unpaired) electrons. The van der Waals surface area contributed by atoms with Crippen LogP contribution < -0.4 is 0 Å². The first kappa shape index (κ1) is 24.7. The van der Waals surface area contributed by atoms with Crippen molar-refractivity contribution in [1.29, 1.82) is 0 Å². The summed E-state index contributed by atoms with van der Waals surface area (Å²) in [6.07, 6.45) is 16.3. The van der Waals surface area contributed by atoms with Crippen molar-refractivity contribution >= 4 is 11.9 Å². The quantitative estimate of drug-likeness (QED) is 0.180. The number of hydrogen-bond donors (Lipinski definition) is 0. The summed E-state index contributed by atoms with van der Waals surface area (Å²) in [7, 11) is 0. The molecule has 0 saturated carbocycles. The first-order chi connectivity index (χ1) is 12.6. The minimum Gasteiger partial charge on any atom is -0.466 e. The molecule has 0 spiro atoms. The highest BCUT2D eigenvalue weighted by Gasteiger charge is 2.09. The Morgan fingerprint density at radius 3 is 2.12 bits per heavy atom. The van der Waals surface area contributed by atoms with Gasteiger partial charge in [-0.1, -0.05) is 77.9 Å². The van der Waals surface area contributed by atoms with Crippen molar-refractivity contribution in [3.63, 3.8) is 0 Å². The predicted molar refractivity (Wildman–Crippen MR) is 107 cm³/mol. The van der Waals surface area contributed by atoms with Gasteiger partial charge in [0.1, 0.15) is 6.61 Å². The molecule has 0 N–H and O–H groups in total. The highest BCUT2D eigenvalue weighted by atomic mass is 16.5. The van der Waals surface area contributed by atoms with E-state index in [0.717, 1.165) is 19.3 Å². The molecule has 0 heterocycles. The van der Waals surface area contributed by atoms with E-state index in [4.69, 9.17) is 9.47 Å². The van der Waals surface area contributed by atoms with Gasteiger partial charge in [0.2, 0.25) is 0 Å². The molecule has 0 aliphatic rings. The molecule has 1 unspecified atom stereocenters. The van der Waals surface area contributed by atoms with Crippen LogP contribution >= 0.6 is 0 Å². The van der Waals surface area contributed by atoms with E-state index in [9.17, 15) is 9.59 Å². The van der Waals surface area contributed by atoms with Gasteiger partial charge in [-0.15, -0.1) is 0 Å². The van der Waals surface area contributed by atoms with Crippen LogP contribution in [0.3, 0.4) is 0 Å². The van der Waals surface area contributed by atoms with E-state index in [-0.39, 0.29) is 24.8 Å². The number of carbonyl (C=O) groups excluding carboxylic acids is 2. The average Bonchev–Trinajstić information content (AvgIpc) is 2.64. The maximum absolute atomic E-state index is 11.6. The zero-order valence-corrected chi connectivity index (χ0v) is 17.3. The molecule has 0 aliphatic heterocycles. The molecule has 0 bridgehead atoms. The molecule has 0 aromatic heterocycles. The summed E-state index contributed by atoms with van der Waals surface area (Å²) in [5, 5.41) is 0. The van der Waals surface area contributed by atoms with Gasteiger partial charge in [0.25, 0.3) is 0 Å². The Morgan fingerprint density at radius 1 is 0.846 bits per heavy atom. The second-order valence-corrected chi connectivity index (χ2v) is 7.09. The number of hydrogen-bond acceptors (Lipinski definition) is 4. The molecule has 4 nitrogen and oxygen atoms in total. The lowest BCUT2D eigenvalue weighted by molar-refractivity contribution is -0.150. The van der Waals surface area contributed by atoms with E-state index in [0.29, 0.717) is 19.1 Å².